The number of alkyl halides is 3. The van der Waals surface area contributed by atoms with Crippen LogP contribution in [0.1, 0.15) is 39.6 Å². The lowest BCUT2D eigenvalue weighted by atomic mass is 10.0. The molecule has 0 bridgehead atoms. The zero-order chi connectivity index (χ0) is 26.2. The van der Waals surface area contributed by atoms with Gasteiger partial charge in [-0.25, -0.2) is 13.8 Å². The van der Waals surface area contributed by atoms with Gasteiger partial charge in [-0.05, 0) is 36.6 Å². The number of hydrogen-bond acceptors (Lipinski definition) is 5. The Labute approximate surface area is 204 Å². The minimum absolute atomic E-state index is 0.0191. The van der Waals surface area contributed by atoms with E-state index in [0.29, 0.717) is 26.2 Å². The van der Waals surface area contributed by atoms with Gasteiger partial charge in [-0.3, -0.25) is 9.59 Å². The molecule has 0 saturated carbocycles. The first kappa shape index (κ1) is 26.0. The van der Waals surface area contributed by atoms with Crippen LogP contribution in [0, 0.1) is 18.6 Å². The van der Waals surface area contributed by atoms with E-state index in [1.165, 1.54) is 16.7 Å². The first-order chi connectivity index (χ1) is 17.0. The first-order valence-electron chi connectivity index (χ1n) is 11.6. The van der Waals surface area contributed by atoms with Crippen molar-refractivity contribution in [3.05, 3.63) is 52.1 Å². The van der Waals surface area contributed by atoms with Crippen LogP contribution < -0.4 is 11.1 Å². The molecule has 1 aromatic carbocycles. The number of benzene rings is 1. The summed E-state index contributed by atoms with van der Waals surface area (Å²) >= 11 is 0. The lowest BCUT2D eigenvalue weighted by Crippen LogP contribution is -2.47. The minimum atomic E-state index is -4.77. The van der Waals surface area contributed by atoms with Crippen LogP contribution in [0.15, 0.2) is 12.1 Å². The maximum atomic E-state index is 14.2. The summed E-state index contributed by atoms with van der Waals surface area (Å²) in [5.74, 6) is -3.46. The van der Waals surface area contributed by atoms with Crippen LogP contribution in [0.3, 0.4) is 0 Å². The van der Waals surface area contributed by atoms with Crippen molar-refractivity contribution in [2.75, 3.05) is 32.7 Å². The lowest BCUT2D eigenvalue weighted by Gasteiger charge is -2.31. The second-order valence-corrected chi connectivity index (χ2v) is 9.10. The molecule has 3 N–H and O–H groups in total. The minimum Gasteiger partial charge on any atom is -0.335 e. The molecule has 0 unspecified atom stereocenters. The second-order valence-electron chi connectivity index (χ2n) is 9.10. The number of amides is 2. The number of nitrogens with one attached hydrogen (secondary N) is 1. The monoisotopic (exact) mass is 514 g/mol. The number of hydrogen-bond donors (Lipinski definition) is 2. The number of imidazole rings is 1. The number of rotatable bonds is 5. The van der Waals surface area contributed by atoms with E-state index in [9.17, 15) is 31.5 Å². The summed E-state index contributed by atoms with van der Waals surface area (Å²) in [6.45, 7) is 2.66. The molecule has 0 radical (unpaired) electrons. The highest BCUT2D eigenvalue weighted by Gasteiger charge is 2.42. The van der Waals surface area contributed by atoms with Crippen LogP contribution in [0.5, 0.6) is 0 Å². The topological polar surface area (TPSA) is 96.5 Å². The molecule has 8 nitrogen and oxygen atoms in total. The van der Waals surface area contributed by atoms with Gasteiger partial charge in [0.25, 0.3) is 5.91 Å². The van der Waals surface area contributed by atoms with Gasteiger partial charge < -0.3 is 25.4 Å². The van der Waals surface area contributed by atoms with Gasteiger partial charge in [0.15, 0.2) is 5.69 Å². The maximum Gasteiger partial charge on any atom is 0.449 e. The van der Waals surface area contributed by atoms with E-state index in [0.717, 1.165) is 16.7 Å². The van der Waals surface area contributed by atoms with Gasteiger partial charge in [0.05, 0.1) is 12.2 Å². The second kappa shape index (κ2) is 10.1. The van der Waals surface area contributed by atoms with Crippen molar-refractivity contribution in [1.29, 1.82) is 0 Å². The summed E-state index contributed by atoms with van der Waals surface area (Å²) in [5.41, 5.74) is 5.92. The molecular formula is C23H27F5N6O2. The number of carbonyl (C=O) groups excluding carboxylic acids is 2. The number of fused-ring (bicyclic) bond motifs is 1. The Bertz CT molecular complexity index is 1160. The van der Waals surface area contributed by atoms with Gasteiger partial charge in [0, 0.05) is 51.7 Å². The maximum absolute atomic E-state index is 14.2. The summed E-state index contributed by atoms with van der Waals surface area (Å²) < 4.78 is 69.9. The fraction of sp³-hybridized carbons (Fsp3) is 0.522. The number of carbonyl (C=O) groups is 2. The summed E-state index contributed by atoms with van der Waals surface area (Å²) in [5, 5.41) is 3.07. The van der Waals surface area contributed by atoms with Crippen molar-refractivity contribution >= 4 is 11.8 Å². The van der Waals surface area contributed by atoms with E-state index < -0.39 is 41.5 Å². The molecule has 2 amide bonds. The van der Waals surface area contributed by atoms with Crippen LogP contribution in [-0.2, 0) is 30.5 Å². The fourth-order valence-electron chi connectivity index (χ4n) is 4.54. The number of nitrogens with two attached hydrogens (primary N) is 1. The molecular weight excluding hydrogens is 487 g/mol. The Morgan fingerprint density at radius 3 is 2.44 bits per heavy atom. The Balaban J connectivity index is 1.51. The van der Waals surface area contributed by atoms with E-state index >= 15 is 0 Å². The average Bonchev–Trinajstić information content (AvgIpc) is 3.22. The summed E-state index contributed by atoms with van der Waals surface area (Å²) in [6, 6.07) is 1.26. The Morgan fingerprint density at radius 2 is 1.78 bits per heavy atom. The quantitative estimate of drug-likeness (QED) is 0.594. The van der Waals surface area contributed by atoms with Gasteiger partial charge in [0.2, 0.25) is 11.7 Å². The van der Waals surface area contributed by atoms with E-state index in [1.807, 2.05) is 0 Å². The number of nitrogens with zero attached hydrogens (tertiary/aromatic N) is 4. The van der Waals surface area contributed by atoms with Crippen LogP contribution in [0.4, 0.5) is 22.0 Å². The molecule has 2 aliphatic heterocycles. The molecule has 1 fully saturated rings. The van der Waals surface area contributed by atoms with Gasteiger partial charge in [0.1, 0.15) is 11.6 Å². The Hall–Kier alpha value is -3.06. The molecule has 196 valence electrons. The molecule has 0 aliphatic carbocycles. The van der Waals surface area contributed by atoms with Gasteiger partial charge in [-0.2, -0.15) is 13.2 Å². The molecule has 36 heavy (non-hydrogen) atoms. The van der Waals surface area contributed by atoms with Crippen LogP contribution >= 0.6 is 0 Å². The Morgan fingerprint density at radius 1 is 1.08 bits per heavy atom. The number of piperazine rings is 1. The van der Waals surface area contributed by atoms with Crippen LogP contribution in [0.25, 0.3) is 0 Å². The number of aryl methyl sites for hydroxylation is 1. The van der Waals surface area contributed by atoms with Gasteiger partial charge in [-0.15, -0.1) is 0 Å². The SMILES string of the molecule is Cc1cc(F)c(C[C@@H](N)CC(=O)N2CCn3c(C(F)(F)F)nc(C(=O)N4CCNCC4)c3C2)cc1F. The Kier molecular flexibility index (Phi) is 7.32. The van der Waals surface area contributed by atoms with Gasteiger partial charge in [-0.1, -0.05) is 0 Å². The third kappa shape index (κ3) is 5.36. The van der Waals surface area contributed by atoms with E-state index in [-0.39, 0.29) is 55.0 Å². The zero-order valence-electron chi connectivity index (χ0n) is 19.7. The molecule has 0 spiro atoms. The summed E-state index contributed by atoms with van der Waals surface area (Å²) in [4.78, 5) is 32.4. The van der Waals surface area contributed by atoms with Crippen molar-refractivity contribution in [3.63, 3.8) is 0 Å². The molecule has 3 heterocycles. The van der Waals surface area contributed by atoms with Crippen molar-refractivity contribution in [3.8, 4) is 0 Å². The predicted octanol–water partition coefficient (Wildman–Crippen LogP) is 1.84. The first-order valence-corrected chi connectivity index (χ1v) is 11.6. The molecule has 1 saturated heterocycles. The highest BCUT2D eigenvalue weighted by atomic mass is 19.4. The van der Waals surface area contributed by atoms with Crippen molar-refractivity contribution in [2.45, 2.75) is 45.1 Å². The van der Waals surface area contributed by atoms with Gasteiger partial charge >= 0.3 is 6.18 Å². The summed E-state index contributed by atoms with van der Waals surface area (Å²) in [7, 11) is 0. The molecule has 2 aromatic rings. The largest absolute Gasteiger partial charge is 0.449 e. The van der Waals surface area contributed by atoms with Crippen LogP contribution in [0.2, 0.25) is 0 Å². The molecule has 4 rings (SSSR count). The average molecular weight is 514 g/mol. The smallest absolute Gasteiger partial charge is 0.335 e. The third-order valence-electron chi connectivity index (χ3n) is 6.47. The standard InChI is InChI=1S/C23H27F5N6O2/c1-13-8-17(25)14(10-16(13)24)9-15(29)11-19(35)33-6-7-34-18(12-33)20(31-22(34)23(26,27)28)21(36)32-4-2-30-3-5-32/h8,10,15,30H,2-7,9,11-12,29H2,1H3/t15-/m1/s1. The molecule has 1 atom stereocenters. The third-order valence-corrected chi connectivity index (χ3v) is 6.47. The number of halogens is 5. The van der Waals surface area contributed by atoms with E-state index in [2.05, 4.69) is 10.3 Å². The van der Waals surface area contributed by atoms with Crippen molar-refractivity contribution in [1.82, 2.24) is 24.7 Å². The van der Waals surface area contributed by atoms with E-state index in [1.54, 1.807) is 0 Å². The molecule has 1 aromatic heterocycles. The normalized spacial score (nSPS) is 17.2. The lowest BCUT2D eigenvalue weighted by molar-refractivity contribution is -0.148. The predicted molar refractivity (Wildman–Crippen MR) is 119 cm³/mol. The zero-order valence-corrected chi connectivity index (χ0v) is 19.7. The highest BCUT2D eigenvalue weighted by molar-refractivity contribution is 5.94. The summed E-state index contributed by atoms with van der Waals surface area (Å²) in [6.07, 6.45) is -5.08. The van der Waals surface area contributed by atoms with Crippen molar-refractivity contribution in [2.24, 2.45) is 5.73 Å². The fourth-order valence-corrected chi connectivity index (χ4v) is 4.54. The molecule has 13 heteroatoms. The van der Waals surface area contributed by atoms with E-state index in [4.69, 9.17) is 5.73 Å². The number of aromatic nitrogens is 2. The van der Waals surface area contributed by atoms with Crippen molar-refractivity contribution < 1.29 is 31.5 Å². The molecule has 2 aliphatic rings. The van der Waals surface area contributed by atoms with Crippen LogP contribution in [-0.4, -0.2) is 69.9 Å². The highest BCUT2D eigenvalue weighted by Crippen LogP contribution is 2.33.